The zero-order valence-electron chi connectivity index (χ0n) is 17.9. The van der Waals surface area contributed by atoms with Crippen LogP contribution in [0.1, 0.15) is 25.1 Å². The number of anilines is 1. The highest BCUT2D eigenvalue weighted by molar-refractivity contribution is 9.11. The summed E-state index contributed by atoms with van der Waals surface area (Å²) < 4.78 is 8.47. The molecule has 1 amide bonds. The number of rotatable bonds is 6. The Balaban J connectivity index is 2.04. The first kappa shape index (κ1) is 23.7. The monoisotopic (exact) mass is 590 g/mol. The molecule has 0 bridgehead atoms. The van der Waals surface area contributed by atoms with Crippen molar-refractivity contribution in [2.24, 2.45) is 0 Å². The largest absolute Gasteiger partial charge is 0.854 e. The van der Waals surface area contributed by atoms with Gasteiger partial charge in [0.1, 0.15) is 5.75 Å². The third-order valence-corrected chi connectivity index (χ3v) is 7.15. The molecule has 1 atom stereocenters. The van der Waals surface area contributed by atoms with Gasteiger partial charge in [-0.25, -0.2) is 9.88 Å². The van der Waals surface area contributed by atoms with Gasteiger partial charge in [-0.15, -0.1) is 6.58 Å². The molecule has 1 aromatic heterocycles. The van der Waals surface area contributed by atoms with Crippen LogP contribution in [0.5, 0.6) is 11.6 Å². The lowest BCUT2D eigenvalue weighted by molar-refractivity contribution is -0.764. The van der Waals surface area contributed by atoms with Crippen molar-refractivity contribution in [1.82, 2.24) is 10.1 Å². The molecular formula is C23H20Br2N4O3S. The average Bonchev–Trinajstić information content (AvgIpc) is 2.80. The molecule has 0 N–H and O–H groups in total. The summed E-state index contributed by atoms with van der Waals surface area (Å²) in [5.74, 6) is 0.685. The first-order valence-corrected chi connectivity index (χ1v) is 12.7. The van der Waals surface area contributed by atoms with E-state index in [1.165, 1.54) is 11.8 Å². The molecular weight excluding hydrogens is 572 g/mol. The van der Waals surface area contributed by atoms with Crippen LogP contribution in [0.25, 0.3) is 11.3 Å². The zero-order chi connectivity index (χ0) is 23.7. The fraction of sp³-hybridized carbons (Fsp3) is 0.217. The number of amides is 1. The van der Waals surface area contributed by atoms with Crippen molar-refractivity contribution in [1.29, 1.82) is 0 Å². The minimum absolute atomic E-state index is 0.0972. The van der Waals surface area contributed by atoms with Crippen molar-refractivity contribution in [3.63, 3.8) is 0 Å². The Morgan fingerprint density at radius 1 is 1.33 bits per heavy atom. The summed E-state index contributed by atoms with van der Waals surface area (Å²) >= 11 is 8.42. The van der Waals surface area contributed by atoms with Crippen LogP contribution in [0.3, 0.4) is 0 Å². The van der Waals surface area contributed by atoms with Crippen LogP contribution < -0.4 is 19.4 Å². The molecule has 170 valence electrons. The number of carbonyl (C=O) groups is 1. The summed E-state index contributed by atoms with van der Waals surface area (Å²) in [6.45, 7) is 5.54. The molecule has 10 heteroatoms. The minimum Gasteiger partial charge on any atom is -0.854 e. The summed E-state index contributed by atoms with van der Waals surface area (Å²) in [4.78, 5) is 19.2. The molecule has 0 radical (unpaired) electrons. The second-order valence-corrected chi connectivity index (χ2v) is 9.81. The first-order valence-electron chi connectivity index (χ1n) is 10.1. The van der Waals surface area contributed by atoms with Gasteiger partial charge in [0.05, 0.1) is 33.2 Å². The van der Waals surface area contributed by atoms with Crippen LogP contribution in [0, 0.1) is 0 Å². The zero-order valence-corrected chi connectivity index (χ0v) is 21.9. The summed E-state index contributed by atoms with van der Waals surface area (Å²) in [5, 5.41) is 18.2. The maximum Gasteiger partial charge on any atom is 0.293 e. The van der Waals surface area contributed by atoms with Gasteiger partial charge in [-0.05, 0) is 56.1 Å². The third-order valence-electron chi connectivity index (χ3n) is 5.14. The van der Waals surface area contributed by atoms with E-state index in [1.807, 2.05) is 43.3 Å². The SMILES string of the molecule is C=CCSc1nc([O-])c2[n+](n1)C(c1cc(Br)c(OC)c(Br)c1)N(C(=O)CC)c1ccccc1-2. The number of hydrogen-bond acceptors (Lipinski definition) is 6. The van der Waals surface area contributed by atoms with E-state index in [0.717, 1.165) is 5.56 Å². The summed E-state index contributed by atoms with van der Waals surface area (Å²) in [6, 6.07) is 11.1. The van der Waals surface area contributed by atoms with Crippen molar-refractivity contribution >= 4 is 55.2 Å². The number of thioether (sulfide) groups is 1. The molecule has 0 saturated heterocycles. The van der Waals surface area contributed by atoms with Gasteiger partial charge in [0.25, 0.3) is 17.0 Å². The van der Waals surface area contributed by atoms with Crippen molar-refractivity contribution in [2.75, 3.05) is 17.8 Å². The van der Waals surface area contributed by atoms with Crippen molar-refractivity contribution in [3.8, 4) is 22.9 Å². The maximum atomic E-state index is 13.3. The molecule has 0 spiro atoms. The molecule has 0 fully saturated rings. The van der Waals surface area contributed by atoms with Crippen LogP contribution in [0.15, 0.2) is 63.2 Å². The Labute approximate surface area is 212 Å². The van der Waals surface area contributed by atoms with Gasteiger partial charge in [0.2, 0.25) is 5.91 Å². The standard InChI is InChI=1S/C23H20Br2N4O3S/c1-4-10-33-23-26-21(31)19-14-8-6-7-9-17(14)28(18(30)5-2)22(29(19)27-23)13-11-15(24)20(32-3)16(25)12-13/h4,6-9,11-12,22H,1,5,10H2,2-3H3. The number of nitrogens with zero attached hydrogens (tertiary/aromatic N) is 4. The molecule has 2 aromatic carbocycles. The minimum atomic E-state index is -0.695. The molecule has 2 heterocycles. The fourth-order valence-electron chi connectivity index (χ4n) is 3.79. The van der Waals surface area contributed by atoms with Crippen LogP contribution >= 0.6 is 43.6 Å². The number of ether oxygens (including phenoxy) is 1. The van der Waals surface area contributed by atoms with Gasteiger partial charge in [0, 0.05) is 22.8 Å². The smallest absolute Gasteiger partial charge is 0.293 e. The van der Waals surface area contributed by atoms with Crippen molar-refractivity contribution < 1.29 is 19.3 Å². The van der Waals surface area contributed by atoms with Gasteiger partial charge in [0.15, 0.2) is 0 Å². The highest BCUT2D eigenvalue weighted by Crippen LogP contribution is 2.43. The lowest BCUT2D eigenvalue weighted by Crippen LogP contribution is -2.59. The topological polar surface area (TPSA) is 82.3 Å². The van der Waals surface area contributed by atoms with E-state index in [0.29, 0.717) is 42.5 Å². The van der Waals surface area contributed by atoms with E-state index in [4.69, 9.17) is 9.84 Å². The van der Waals surface area contributed by atoms with E-state index in [9.17, 15) is 9.90 Å². The van der Waals surface area contributed by atoms with Crippen LogP contribution in [-0.4, -0.2) is 28.9 Å². The van der Waals surface area contributed by atoms with E-state index in [-0.39, 0.29) is 12.3 Å². The highest BCUT2D eigenvalue weighted by atomic mass is 79.9. The van der Waals surface area contributed by atoms with Crippen LogP contribution in [0.2, 0.25) is 0 Å². The number of aromatic nitrogens is 3. The summed E-state index contributed by atoms with van der Waals surface area (Å²) in [6.07, 6.45) is 1.31. The van der Waals surface area contributed by atoms with Crippen molar-refractivity contribution in [3.05, 3.63) is 63.6 Å². The first-order chi connectivity index (χ1) is 15.9. The van der Waals surface area contributed by atoms with E-state index < -0.39 is 12.0 Å². The number of hydrogen-bond donors (Lipinski definition) is 0. The Kier molecular flexibility index (Phi) is 7.06. The van der Waals surface area contributed by atoms with E-state index >= 15 is 0 Å². The molecule has 1 aliphatic rings. The molecule has 0 saturated carbocycles. The highest BCUT2D eigenvalue weighted by Gasteiger charge is 2.44. The summed E-state index contributed by atoms with van der Waals surface area (Å²) in [7, 11) is 1.58. The predicted octanol–water partition coefficient (Wildman–Crippen LogP) is 4.62. The second kappa shape index (κ2) is 9.82. The normalized spacial score (nSPS) is 14.4. The molecule has 4 rings (SSSR count). The van der Waals surface area contributed by atoms with Gasteiger partial charge < -0.3 is 9.84 Å². The van der Waals surface area contributed by atoms with Crippen LogP contribution in [-0.2, 0) is 4.79 Å². The Hall–Kier alpha value is -2.43. The Morgan fingerprint density at radius 3 is 2.67 bits per heavy atom. The number of methoxy groups -OCH3 is 1. The maximum absolute atomic E-state index is 13.3. The molecule has 3 aromatic rings. The summed E-state index contributed by atoms with van der Waals surface area (Å²) in [5.41, 5.74) is 2.34. The lowest BCUT2D eigenvalue weighted by Gasteiger charge is -2.33. The molecule has 7 nitrogen and oxygen atoms in total. The van der Waals surface area contributed by atoms with Crippen LogP contribution in [0.4, 0.5) is 5.69 Å². The predicted molar refractivity (Wildman–Crippen MR) is 132 cm³/mol. The Bertz CT molecular complexity index is 1230. The van der Waals surface area contributed by atoms with Gasteiger partial charge >= 0.3 is 0 Å². The number of para-hydroxylation sites is 1. The fourth-order valence-corrected chi connectivity index (χ4v) is 5.90. The number of benzene rings is 2. The third kappa shape index (κ3) is 4.27. The molecule has 33 heavy (non-hydrogen) atoms. The average molecular weight is 592 g/mol. The Morgan fingerprint density at radius 2 is 2.03 bits per heavy atom. The quantitative estimate of drug-likeness (QED) is 0.236. The number of halogens is 2. The van der Waals surface area contributed by atoms with E-state index in [2.05, 4.69) is 43.4 Å². The van der Waals surface area contributed by atoms with Gasteiger partial charge in [-0.2, -0.15) is 0 Å². The van der Waals surface area contributed by atoms with Crippen molar-refractivity contribution in [2.45, 2.75) is 24.7 Å². The van der Waals surface area contributed by atoms with Gasteiger partial charge in [-0.3, -0.25) is 4.79 Å². The van der Waals surface area contributed by atoms with Gasteiger partial charge in [-0.1, -0.05) is 41.6 Å². The van der Waals surface area contributed by atoms with E-state index in [1.54, 1.807) is 22.8 Å². The molecule has 1 unspecified atom stereocenters. The lowest BCUT2D eigenvalue weighted by atomic mass is 10.0. The molecule has 1 aliphatic heterocycles. The second-order valence-electron chi connectivity index (χ2n) is 7.12. The molecule has 0 aliphatic carbocycles. The number of fused-ring (bicyclic) bond motifs is 3. The number of carbonyl (C=O) groups excluding carboxylic acids is 1.